The number of fused-ring (bicyclic) bond motifs is 1. The van der Waals surface area contributed by atoms with Gasteiger partial charge < -0.3 is 14.2 Å². The molecule has 4 rings (SSSR count). The van der Waals surface area contributed by atoms with Crippen LogP contribution in [0.25, 0.3) is 17.7 Å². The molecule has 0 atom stereocenters. The smallest absolute Gasteiger partial charge is 0.202 e. The molecule has 36 heavy (non-hydrogen) atoms. The number of ketones is 2. The van der Waals surface area contributed by atoms with Crippen LogP contribution in [0, 0.1) is 6.92 Å². The Morgan fingerprint density at radius 2 is 1.22 bits per heavy atom. The number of carbonyl (C=O) groups is 2. The third-order valence-corrected chi connectivity index (χ3v) is 6.18. The molecule has 182 valence electrons. The second kappa shape index (κ2) is 10.5. The van der Waals surface area contributed by atoms with E-state index < -0.39 is 0 Å². The third-order valence-electron chi connectivity index (χ3n) is 6.18. The van der Waals surface area contributed by atoms with Crippen LogP contribution in [0.2, 0.25) is 0 Å². The molecule has 5 heteroatoms. The van der Waals surface area contributed by atoms with E-state index in [9.17, 15) is 9.59 Å². The summed E-state index contributed by atoms with van der Waals surface area (Å²) in [7, 11) is 7.96. The average molecular weight is 478 g/mol. The topological polar surface area (TPSA) is 45.0 Å². The van der Waals surface area contributed by atoms with Crippen LogP contribution in [0.4, 0.5) is 11.4 Å². The number of aromatic nitrogens is 1. The van der Waals surface area contributed by atoms with E-state index in [-0.39, 0.29) is 11.6 Å². The quantitative estimate of drug-likeness (QED) is 0.225. The van der Waals surface area contributed by atoms with Gasteiger partial charge in [-0.15, -0.1) is 0 Å². The van der Waals surface area contributed by atoms with Gasteiger partial charge >= 0.3 is 0 Å². The minimum absolute atomic E-state index is 0.138. The Labute approximate surface area is 212 Å². The summed E-state index contributed by atoms with van der Waals surface area (Å²) in [5, 5.41) is 0. The highest BCUT2D eigenvalue weighted by atomic mass is 16.1. The molecule has 0 saturated heterocycles. The van der Waals surface area contributed by atoms with Gasteiger partial charge in [-0.05, 0) is 72.2 Å². The van der Waals surface area contributed by atoms with Gasteiger partial charge in [0.2, 0.25) is 5.78 Å². The van der Waals surface area contributed by atoms with Crippen molar-refractivity contribution in [1.82, 2.24) is 4.40 Å². The van der Waals surface area contributed by atoms with Gasteiger partial charge in [-0.3, -0.25) is 9.59 Å². The second-order valence-electron chi connectivity index (χ2n) is 9.22. The lowest BCUT2D eigenvalue weighted by Crippen LogP contribution is -2.07. The highest BCUT2D eigenvalue weighted by molar-refractivity contribution is 6.15. The number of aryl methyl sites for hydroxylation is 1. The van der Waals surface area contributed by atoms with Crippen LogP contribution in [0.1, 0.15) is 37.5 Å². The number of rotatable bonds is 8. The van der Waals surface area contributed by atoms with Crippen LogP contribution in [-0.2, 0) is 0 Å². The first kappa shape index (κ1) is 24.7. The van der Waals surface area contributed by atoms with Gasteiger partial charge in [0.15, 0.2) is 5.78 Å². The Morgan fingerprint density at radius 1 is 0.722 bits per heavy atom. The number of hydrogen-bond acceptors (Lipinski definition) is 4. The van der Waals surface area contributed by atoms with Crippen LogP contribution >= 0.6 is 0 Å². The summed E-state index contributed by atoms with van der Waals surface area (Å²) in [6, 6.07) is 21.5. The first-order valence-electron chi connectivity index (χ1n) is 11.8. The molecule has 2 aromatic carbocycles. The molecule has 0 saturated carbocycles. The maximum absolute atomic E-state index is 13.2. The predicted molar refractivity (Wildman–Crippen MR) is 150 cm³/mol. The summed E-state index contributed by atoms with van der Waals surface area (Å²) in [5.41, 5.74) is 6.73. The SMILES string of the molecule is Cc1cccn2c(C(=O)/C=C/c3ccc(N(C)C)cc3)cc(C(=O)/C=C/c3ccc(N(C)C)cc3)c12. The van der Waals surface area contributed by atoms with Gasteiger partial charge in [0.1, 0.15) is 0 Å². The Balaban J connectivity index is 1.62. The zero-order valence-electron chi connectivity index (χ0n) is 21.4. The van der Waals surface area contributed by atoms with Crippen molar-refractivity contribution < 1.29 is 9.59 Å². The summed E-state index contributed by atoms with van der Waals surface area (Å²) in [6.07, 6.45) is 8.57. The standard InChI is InChI=1S/C31H31N3O2/c1-22-7-6-20-34-28(30(36)19-13-24-10-16-26(17-11-24)33(4)5)21-27(31(22)34)29(35)18-12-23-8-14-25(15-9-23)32(2)3/h6-21H,1-5H3/b18-12+,19-13+. The van der Waals surface area contributed by atoms with Crippen molar-refractivity contribution in [3.8, 4) is 0 Å². The molecule has 0 radical (unpaired) electrons. The van der Waals surface area contributed by atoms with Crippen molar-refractivity contribution in [3.63, 3.8) is 0 Å². The molecule has 0 amide bonds. The fourth-order valence-electron chi connectivity index (χ4n) is 4.10. The van der Waals surface area contributed by atoms with Gasteiger partial charge in [0.05, 0.1) is 11.2 Å². The van der Waals surface area contributed by atoms with Crippen molar-refractivity contribution in [2.45, 2.75) is 6.92 Å². The summed E-state index contributed by atoms with van der Waals surface area (Å²) in [5.74, 6) is -0.296. The number of pyridine rings is 1. The summed E-state index contributed by atoms with van der Waals surface area (Å²) in [6.45, 7) is 1.95. The molecule has 2 aromatic heterocycles. The molecule has 0 unspecified atom stereocenters. The van der Waals surface area contributed by atoms with E-state index in [0.717, 1.165) is 33.6 Å². The highest BCUT2D eigenvalue weighted by Gasteiger charge is 2.18. The fourth-order valence-corrected chi connectivity index (χ4v) is 4.10. The molecule has 0 aliphatic carbocycles. The normalized spacial score (nSPS) is 11.5. The predicted octanol–water partition coefficient (Wildman–Crippen LogP) is 6.17. The van der Waals surface area contributed by atoms with Crippen molar-refractivity contribution in [2.75, 3.05) is 38.0 Å². The van der Waals surface area contributed by atoms with Crippen molar-refractivity contribution >= 4 is 40.6 Å². The lowest BCUT2D eigenvalue weighted by atomic mass is 10.1. The molecule has 2 heterocycles. The van der Waals surface area contributed by atoms with Crippen molar-refractivity contribution in [2.24, 2.45) is 0 Å². The van der Waals surface area contributed by atoms with Gasteiger partial charge in [-0.1, -0.05) is 42.5 Å². The molecular weight excluding hydrogens is 446 g/mol. The van der Waals surface area contributed by atoms with E-state index in [1.807, 2.05) is 122 Å². The van der Waals surface area contributed by atoms with E-state index in [4.69, 9.17) is 0 Å². The lowest BCUT2D eigenvalue weighted by Gasteiger charge is -2.11. The van der Waals surface area contributed by atoms with Crippen molar-refractivity contribution in [1.29, 1.82) is 0 Å². The van der Waals surface area contributed by atoms with Crippen LogP contribution in [0.3, 0.4) is 0 Å². The first-order chi connectivity index (χ1) is 17.2. The minimum Gasteiger partial charge on any atom is -0.378 e. The fraction of sp³-hybridized carbons (Fsp3) is 0.161. The number of nitrogens with zero attached hydrogens (tertiary/aromatic N) is 3. The molecule has 0 fully saturated rings. The molecular formula is C31H31N3O2. The van der Waals surface area contributed by atoms with Gasteiger partial charge in [0, 0.05) is 51.3 Å². The highest BCUT2D eigenvalue weighted by Crippen LogP contribution is 2.23. The second-order valence-corrected chi connectivity index (χ2v) is 9.22. The number of allylic oxidation sites excluding steroid dienone is 2. The van der Waals surface area contributed by atoms with Crippen LogP contribution in [0.15, 0.2) is 85.1 Å². The minimum atomic E-state index is -0.158. The summed E-state index contributed by atoms with van der Waals surface area (Å²) < 4.78 is 1.81. The van der Waals surface area contributed by atoms with Gasteiger partial charge in [0.25, 0.3) is 0 Å². The van der Waals surface area contributed by atoms with Crippen LogP contribution < -0.4 is 9.80 Å². The Hall–Kier alpha value is -4.38. The molecule has 0 bridgehead atoms. The summed E-state index contributed by atoms with van der Waals surface area (Å²) >= 11 is 0. The van der Waals surface area contributed by atoms with Gasteiger partial charge in [-0.2, -0.15) is 0 Å². The molecule has 0 spiro atoms. The average Bonchev–Trinajstić information content (AvgIpc) is 3.27. The van der Waals surface area contributed by atoms with Crippen LogP contribution in [-0.4, -0.2) is 44.2 Å². The van der Waals surface area contributed by atoms with E-state index in [1.54, 1.807) is 24.3 Å². The Kier molecular flexibility index (Phi) is 7.20. The summed E-state index contributed by atoms with van der Waals surface area (Å²) in [4.78, 5) is 30.4. The zero-order valence-corrected chi connectivity index (χ0v) is 21.4. The number of anilines is 2. The monoisotopic (exact) mass is 477 g/mol. The molecule has 0 aliphatic heterocycles. The Bertz CT molecular complexity index is 1450. The van der Waals surface area contributed by atoms with E-state index in [1.165, 1.54) is 0 Å². The first-order valence-corrected chi connectivity index (χ1v) is 11.8. The Morgan fingerprint density at radius 3 is 1.72 bits per heavy atom. The number of hydrogen-bond donors (Lipinski definition) is 0. The van der Waals surface area contributed by atoms with E-state index in [0.29, 0.717) is 11.3 Å². The van der Waals surface area contributed by atoms with Crippen LogP contribution in [0.5, 0.6) is 0 Å². The zero-order chi connectivity index (χ0) is 25.8. The van der Waals surface area contributed by atoms with Crippen molar-refractivity contribution in [3.05, 3.63) is 113 Å². The maximum atomic E-state index is 13.2. The van der Waals surface area contributed by atoms with E-state index in [2.05, 4.69) is 0 Å². The number of carbonyl (C=O) groups excluding carboxylic acids is 2. The van der Waals surface area contributed by atoms with Gasteiger partial charge in [-0.25, -0.2) is 0 Å². The lowest BCUT2D eigenvalue weighted by molar-refractivity contribution is 0.104. The number of benzene rings is 2. The maximum Gasteiger partial charge on any atom is 0.202 e. The largest absolute Gasteiger partial charge is 0.378 e. The van der Waals surface area contributed by atoms with E-state index >= 15 is 0 Å². The molecule has 0 N–H and O–H groups in total. The third kappa shape index (κ3) is 5.31. The molecule has 4 aromatic rings. The molecule has 5 nitrogen and oxygen atoms in total. The molecule has 0 aliphatic rings.